The normalized spacial score (nSPS) is 12.6. The second-order valence-electron chi connectivity index (χ2n) is 4.95. The number of rotatable bonds is 5. The largest absolute Gasteiger partial charge is 0.330 e. The van der Waals surface area contributed by atoms with E-state index in [2.05, 4.69) is 48.2 Å². The Hall–Kier alpha value is -1.68. The quantitative estimate of drug-likeness (QED) is 0.896. The molecule has 1 aromatic heterocycles. The third-order valence-corrected chi connectivity index (χ3v) is 3.53. The first kappa shape index (κ1) is 13.7. The number of hydrogen-bond acceptors (Lipinski definition) is 3. The van der Waals surface area contributed by atoms with E-state index in [0.717, 1.165) is 30.1 Å². The van der Waals surface area contributed by atoms with E-state index >= 15 is 0 Å². The molecule has 1 heterocycles. The molecule has 2 rings (SSSR count). The second-order valence-corrected chi connectivity index (χ2v) is 4.95. The summed E-state index contributed by atoms with van der Waals surface area (Å²) < 4.78 is 1.82. The van der Waals surface area contributed by atoms with Gasteiger partial charge in [-0.05, 0) is 24.4 Å². The van der Waals surface area contributed by atoms with E-state index in [1.807, 2.05) is 11.7 Å². The van der Waals surface area contributed by atoms with Gasteiger partial charge in [-0.3, -0.25) is 0 Å². The first-order valence-corrected chi connectivity index (χ1v) is 6.86. The maximum absolute atomic E-state index is 5.54. The first-order valence-electron chi connectivity index (χ1n) is 6.86. The highest BCUT2D eigenvalue weighted by atomic mass is 15.3. The van der Waals surface area contributed by atoms with Crippen molar-refractivity contribution in [2.45, 2.75) is 32.6 Å². The van der Waals surface area contributed by atoms with Gasteiger partial charge < -0.3 is 5.73 Å². The Kier molecular flexibility index (Phi) is 4.32. The molecular weight excluding hydrogens is 236 g/mol. The van der Waals surface area contributed by atoms with E-state index in [4.69, 9.17) is 5.73 Å². The van der Waals surface area contributed by atoms with Gasteiger partial charge in [0.2, 0.25) is 0 Å². The number of aryl methyl sites for hydroxylation is 1. The van der Waals surface area contributed by atoms with Crippen LogP contribution in [-0.2, 0) is 13.5 Å². The van der Waals surface area contributed by atoms with Gasteiger partial charge in [0.1, 0.15) is 0 Å². The number of hydrogen-bond donors (Lipinski definition) is 1. The SMILES string of the molecule is CCC(C)c1ccc(-c2nc(CCN)nn2C)cc1. The van der Waals surface area contributed by atoms with Crippen molar-refractivity contribution in [3.8, 4) is 11.4 Å². The van der Waals surface area contributed by atoms with Crippen LogP contribution in [0.2, 0.25) is 0 Å². The van der Waals surface area contributed by atoms with Crippen LogP contribution in [0, 0.1) is 0 Å². The summed E-state index contributed by atoms with van der Waals surface area (Å²) in [5, 5.41) is 4.38. The summed E-state index contributed by atoms with van der Waals surface area (Å²) in [7, 11) is 1.92. The summed E-state index contributed by atoms with van der Waals surface area (Å²) in [5.41, 5.74) is 8.01. The monoisotopic (exact) mass is 258 g/mol. The van der Waals surface area contributed by atoms with E-state index in [1.165, 1.54) is 5.56 Å². The molecule has 0 bridgehead atoms. The zero-order valence-electron chi connectivity index (χ0n) is 11.9. The van der Waals surface area contributed by atoms with Crippen molar-refractivity contribution in [2.24, 2.45) is 12.8 Å². The molecule has 0 amide bonds. The minimum absolute atomic E-state index is 0.580. The fourth-order valence-corrected chi connectivity index (χ4v) is 2.12. The molecule has 0 fully saturated rings. The Morgan fingerprint density at radius 1 is 1.26 bits per heavy atom. The standard InChI is InChI=1S/C15H22N4/c1-4-11(2)12-5-7-13(8-6-12)15-17-14(9-10-16)18-19(15)3/h5-8,11H,4,9-10,16H2,1-3H3. The highest BCUT2D eigenvalue weighted by molar-refractivity contribution is 5.55. The first-order chi connectivity index (χ1) is 9.15. The lowest BCUT2D eigenvalue weighted by Gasteiger charge is -2.09. The van der Waals surface area contributed by atoms with Gasteiger partial charge in [-0.1, -0.05) is 38.1 Å². The van der Waals surface area contributed by atoms with Crippen molar-refractivity contribution in [3.63, 3.8) is 0 Å². The Morgan fingerprint density at radius 3 is 2.53 bits per heavy atom. The topological polar surface area (TPSA) is 56.7 Å². The molecule has 0 saturated carbocycles. The van der Waals surface area contributed by atoms with Crippen LogP contribution in [0.5, 0.6) is 0 Å². The fraction of sp³-hybridized carbons (Fsp3) is 0.467. The average Bonchev–Trinajstić information content (AvgIpc) is 2.79. The van der Waals surface area contributed by atoms with Crippen molar-refractivity contribution >= 4 is 0 Å². The Labute approximate surface area is 114 Å². The molecule has 0 spiro atoms. The summed E-state index contributed by atoms with van der Waals surface area (Å²) in [4.78, 5) is 4.54. The molecule has 102 valence electrons. The molecule has 0 radical (unpaired) electrons. The van der Waals surface area contributed by atoms with Gasteiger partial charge in [0.05, 0.1) is 0 Å². The minimum atomic E-state index is 0.580. The predicted octanol–water partition coefficient (Wildman–Crippen LogP) is 2.50. The van der Waals surface area contributed by atoms with Crippen LogP contribution < -0.4 is 5.73 Å². The summed E-state index contributed by atoms with van der Waals surface area (Å²) in [6, 6.07) is 8.61. The molecule has 0 aliphatic carbocycles. The van der Waals surface area contributed by atoms with Crippen molar-refractivity contribution in [2.75, 3.05) is 6.54 Å². The van der Waals surface area contributed by atoms with E-state index in [1.54, 1.807) is 0 Å². The van der Waals surface area contributed by atoms with Crippen LogP contribution in [-0.4, -0.2) is 21.3 Å². The molecule has 4 nitrogen and oxygen atoms in total. The molecule has 2 N–H and O–H groups in total. The zero-order chi connectivity index (χ0) is 13.8. The van der Waals surface area contributed by atoms with Gasteiger partial charge in [-0.2, -0.15) is 5.10 Å². The summed E-state index contributed by atoms with van der Waals surface area (Å²) in [6.07, 6.45) is 1.88. The molecule has 1 unspecified atom stereocenters. The van der Waals surface area contributed by atoms with Crippen LogP contribution in [0.1, 0.15) is 37.6 Å². The summed E-state index contributed by atoms with van der Waals surface area (Å²) in [5.74, 6) is 2.31. The van der Waals surface area contributed by atoms with Crippen molar-refractivity contribution in [1.82, 2.24) is 14.8 Å². The lowest BCUT2D eigenvalue weighted by molar-refractivity contribution is 0.733. The van der Waals surface area contributed by atoms with E-state index in [9.17, 15) is 0 Å². The van der Waals surface area contributed by atoms with E-state index < -0.39 is 0 Å². The molecular formula is C15H22N4. The third kappa shape index (κ3) is 3.01. The van der Waals surface area contributed by atoms with E-state index in [-0.39, 0.29) is 0 Å². The highest BCUT2D eigenvalue weighted by Crippen LogP contribution is 2.23. The van der Waals surface area contributed by atoms with Gasteiger partial charge in [0.25, 0.3) is 0 Å². The van der Waals surface area contributed by atoms with Gasteiger partial charge in [-0.25, -0.2) is 9.67 Å². The maximum Gasteiger partial charge on any atom is 0.158 e. The summed E-state index contributed by atoms with van der Waals surface area (Å²) in [6.45, 7) is 5.04. The van der Waals surface area contributed by atoms with Crippen molar-refractivity contribution < 1.29 is 0 Å². The minimum Gasteiger partial charge on any atom is -0.330 e. The lowest BCUT2D eigenvalue weighted by Crippen LogP contribution is -2.04. The van der Waals surface area contributed by atoms with Crippen molar-refractivity contribution in [1.29, 1.82) is 0 Å². The molecule has 19 heavy (non-hydrogen) atoms. The maximum atomic E-state index is 5.54. The number of aromatic nitrogens is 3. The molecule has 1 aromatic carbocycles. The summed E-state index contributed by atoms with van der Waals surface area (Å²) >= 11 is 0. The number of benzene rings is 1. The van der Waals surface area contributed by atoms with Crippen molar-refractivity contribution in [3.05, 3.63) is 35.7 Å². The molecule has 2 aromatic rings. The molecule has 4 heteroatoms. The van der Waals surface area contributed by atoms with Crippen LogP contribution in [0.4, 0.5) is 0 Å². The third-order valence-electron chi connectivity index (χ3n) is 3.53. The molecule has 0 aliphatic rings. The number of nitrogens with zero attached hydrogens (tertiary/aromatic N) is 3. The van der Waals surface area contributed by atoms with Gasteiger partial charge in [0, 0.05) is 19.0 Å². The highest BCUT2D eigenvalue weighted by Gasteiger charge is 2.09. The van der Waals surface area contributed by atoms with Crippen LogP contribution in [0.3, 0.4) is 0 Å². The molecule has 0 saturated heterocycles. The van der Waals surface area contributed by atoms with Crippen LogP contribution in [0.25, 0.3) is 11.4 Å². The predicted molar refractivity (Wildman–Crippen MR) is 77.9 cm³/mol. The van der Waals surface area contributed by atoms with E-state index in [0.29, 0.717) is 12.5 Å². The second kappa shape index (κ2) is 5.97. The Bertz CT molecular complexity index is 528. The van der Waals surface area contributed by atoms with Crippen LogP contribution >= 0.6 is 0 Å². The lowest BCUT2D eigenvalue weighted by atomic mass is 9.97. The Morgan fingerprint density at radius 2 is 1.95 bits per heavy atom. The number of nitrogens with two attached hydrogens (primary N) is 1. The average molecular weight is 258 g/mol. The zero-order valence-corrected chi connectivity index (χ0v) is 11.9. The fourth-order valence-electron chi connectivity index (χ4n) is 2.12. The molecule has 1 atom stereocenters. The van der Waals surface area contributed by atoms with Gasteiger partial charge in [-0.15, -0.1) is 0 Å². The van der Waals surface area contributed by atoms with Gasteiger partial charge >= 0.3 is 0 Å². The van der Waals surface area contributed by atoms with Gasteiger partial charge in [0.15, 0.2) is 11.6 Å². The smallest absolute Gasteiger partial charge is 0.158 e. The Balaban J connectivity index is 2.26. The molecule has 0 aliphatic heterocycles. The van der Waals surface area contributed by atoms with Crippen LogP contribution in [0.15, 0.2) is 24.3 Å².